The molecule has 5 heteroatoms. The molecule has 2 heterocycles. The van der Waals surface area contributed by atoms with Crippen molar-refractivity contribution in [2.45, 2.75) is 32.4 Å². The highest BCUT2D eigenvalue weighted by Crippen LogP contribution is 2.21. The molecule has 4 nitrogen and oxygen atoms in total. The lowest BCUT2D eigenvalue weighted by atomic mass is 10.2. The second-order valence-electron chi connectivity index (χ2n) is 5.55. The van der Waals surface area contributed by atoms with Gasteiger partial charge in [0.15, 0.2) is 11.6 Å². The molecule has 1 N–H and O–H groups in total. The molecule has 2 rings (SSSR count). The number of hydrogen-bond acceptors (Lipinski definition) is 4. The van der Waals surface area contributed by atoms with Crippen LogP contribution in [0.3, 0.4) is 0 Å². The highest BCUT2D eigenvalue weighted by Gasteiger charge is 2.24. The number of likely N-dealkylation sites (N-methyl/N-ethyl adjacent to an activating group) is 2. The van der Waals surface area contributed by atoms with Crippen molar-refractivity contribution in [3.05, 3.63) is 23.6 Å². The Balaban J connectivity index is 2.07. The topological polar surface area (TPSA) is 31.4 Å². The molecule has 0 aromatic carbocycles. The van der Waals surface area contributed by atoms with Gasteiger partial charge in [0, 0.05) is 37.9 Å². The Labute approximate surface area is 121 Å². The number of nitrogens with zero attached hydrogens (tertiary/aromatic N) is 3. The number of nitrogens with one attached hydrogen (secondary N) is 1. The average Bonchev–Trinajstić information content (AvgIpc) is 2.83. The summed E-state index contributed by atoms with van der Waals surface area (Å²) in [7, 11) is 4.06. The summed E-state index contributed by atoms with van der Waals surface area (Å²) in [6.07, 6.45) is 4.10. The molecule has 0 amide bonds. The normalized spacial score (nSPS) is 19.5. The standard InChI is InChI=1S/C15H25FN4/c1-4-17-10-12-7-8-18-15(14(12)16)20(3)11-13-6-5-9-19(13)2/h7-8,13,17H,4-6,9-11H2,1-3H3. The van der Waals surface area contributed by atoms with Crippen LogP contribution in [0.1, 0.15) is 25.3 Å². The van der Waals surface area contributed by atoms with Gasteiger partial charge < -0.3 is 15.1 Å². The Morgan fingerprint density at radius 1 is 1.55 bits per heavy atom. The summed E-state index contributed by atoms with van der Waals surface area (Å²) in [4.78, 5) is 8.50. The van der Waals surface area contributed by atoms with Gasteiger partial charge in [0.1, 0.15) is 0 Å². The van der Waals surface area contributed by atoms with E-state index in [1.54, 1.807) is 12.3 Å². The van der Waals surface area contributed by atoms with E-state index >= 15 is 0 Å². The van der Waals surface area contributed by atoms with Crippen LogP contribution < -0.4 is 10.2 Å². The van der Waals surface area contributed by atoms with Crippen molar-refractivity contribution in [3.8, 4) is 0 Å². The van der Waals surface area contributed by atoms with Crippen LogP contribution in [0.15, 0.2) is 12.3 Å². The van der Waals surface area contributed by atoms with Gasteiger partial charge in [-0.25, -0.2) is 9.37 Å². The Morgan fingerprint density at radius 2 is 2.35 bits per heavy atom. The summed E-state index contributed by atoms with van der Waals surface area (Å²) in [5, 5.41) is 3.16. The highest BCUT2D eigenvalue weighted by atomic mass is 19.1. The molecule has 0 saturated carbocycles. The van der Waals surface area contributed by atoms with Gasteiger partial charge in [-0.05, 0) is 39.0 Å². The van der Waals surface area contributed by atoms with Gasteiger partial charge in [-0.2, -0.15) is 0 Å². The molecule has 1 aliphatic heterocycles. The van der Waals surface area contributed by atoms with Crippen LogP contribution in [0.25, 0.3) is 0 Å². The van der Waals surface area contributed by atoms with Gasteiger partial charge >= 0.3 is 0 Å². The van der Waals surface area contributed by atoms with E-state index in [4.69, 9.17) is 0 Å². The highest BCUT2D eigenvalue weighted by molar-refractivity contribution is 5.42. The zero-order valence-corrected chi connectivity index (χ0v) is 12.7. The molecule has 1 aromatic heterocycles. The van der Waals surface area contributed by atoms with Gasteiger partial charge in [0.2, 0.25) is 0 Å². The SMILES string of the molecule is CCNCc1ccnc(N(C)CC2CCCN2C)c1F. The summed E-state index contributed by atoms with van der Waals surface area (Å²) < 4.78 is 14.5. The zero-order valence-electron chi connectivity index (χ0n) is 12.7. The minimum atomic E-state index is -0.198. The minimum Gasteiger partial charge on any atom is -0.356 e. The molecule has 1 aliphatic rings. The third-order valence-electron chi connectivity index (χ3n) is 4.03. The van der Waals surface area contributed by atoms with Crippen LogP contribution in [-0.2, 0) is 6.54 Å². The maximum atomic E-state index is 14.5. The van der Waals surface area contributed by atoms with Crippen molar-refractivity contribution in [1.29, 1.82) is 0 Å². The number of anilines is 1. The van der Waals surface area contributed by atoms with Crippen LogP contribution in [0.5, 0.6) is 0 Å². The first-order valence-corrected chi connectivity index (χ1v) is 7.39. The lowest BCUT2D eigenvalue weighted by Gasteiger charge is -2.27. The maximum absolute atomic E-state index is 14.5. The molecule has 112 valence electrons. The lowest BCUT2D eigenvalue weighted by Crippen LogP contribution is -2.37. The van der Waals surface area contributed by atoms with Crippen LogP contribution in [0.2, 0.25) is 0 Å². The molecule has 1 saturated heterocycles. The first-order valence-electron chi connectivity index (χ1n) is 7.39. The Kier molecular flexibility index (Phi) is 5.31. The van der Waals surface area contributed by atoms with Gasteiger partial charge in [-0.15, -0.1) is 0 Å². The summed E-state index contributed by atoms with van der Waals surface area (Å²) in [6.45, 7) is 5.36. The fraction of sp³-hybridized carbons (Fsp3) is 0.667. The number of hydrogen-bond donors (Lipinski definition) is 1. The fourth-order valence-corrected chi connectivity index (χ4v) is 2.75. The van der Waals surface area contributed by atoms with Crippen LogP contribution >= 0.6 is 0 Å². The van der Waals surface area contributed by atoms with Crippen molar-refractivity contribution < 1.29 is 4.39 Å². The van der Waals surface area contributed by atoms with Gasteiger partial charge in [-0.3, -0.25) is 0 Å². The zero-order chi connectivity index (χ0) is 14.5. The first kappa shape index (κ1) is 15.2. The van der Waals surface area contributed by atoms with Crippen molar-refractivity contribution >= 4 is 5.82 Å². The third kappa shape index (κ3) is 3.46. The number of halogens is 1. The second kappa shape index (κ2) is 6.99. The molecule has 20 heavy (non-hydrogen) atoms. The van der Waals surface area contributed by atoms with E-state index in [0.29, 0.717) is 24.0 Å². The molecule has 1 atom stereocenters. The third-order valence-corrected chi connectivity index (χ3v) is 4.03. The monoisotopic (exact) mass is 280 g/mol. The average molecular weight is 280 g/mol. The molecular weight excluding hydrogens is 255 g/mol. The Hall–Kier alpha value is -1.20. The van der Waals surface area contributed by atoms with E-state index in [9.17, 15) is 4.39 Å². The lowest BCUT2D eigenvalue weighted by molar-refractivity contribution is 0.313. The van der Waals surface area contributed by atoms with Gasteiger partial charge in [-0.1, -0.05) is 6.92 Å². The summed E-state index contributed by atoms with van der Waals surface area (Å²) in [5.74, 6) is 0.261. The summed E-state index contributed by atoms with van der Waals surface area (Å²) in [5.41, 5.74) is 0.684. The quantitative estimate of drug-likeness (QED) is 0.862. The predicted molar refractivity (Wildman–Crippen MR) is 80.5 cm³/mol. The molecule has 0 bridgehead atoms. The number of aromatic nitrogens is 1. The number of likely N-dealkylation sites (tertiary alicyclic amines) is 1. The van der Waals surface area contributed by atoms with Crippen molar-refractivity contribution in [2.75, 3.05) is 38.6 Å². The van der Waals surface area contributed by atoms with E-state index < -0.39 is 0 Å². The smallest absolute Gasteiger partial charge is 0.170 e. The summed E-state index contributed by atoms with van der Waals surface area (Å²) in [6, 6.07) is 2.25. The molecule has 1 aromatic rings. The van der Waals surface area contributed by atoms with Gasteiger partial charge in [0.05, 0.1) is 0 Å². The maximum Gasteiger partial charge on any atom is 0.170 e. The number of pyridine rings is 1. The fourth-order valence-electron chi connectivity index (χ4n) is 2.75. The van der Waals surface area contributed by atoms with E-state index in [0.717, 1.165) is 19.6 Å². The second-order valence-corrected chi connectivity index (χ2v) is 5.55. The van der Waals surface area contributed by atoms with Crippen molar-refractivity contribution in [3.63, 3.8) is 0 Å². The molecule has 0 spiro atoms. The Bertz CT molecular complexity index is 438. The van der Waals surface area contributed by atoms with Crippen LogP contribution in [-0.4, -0.2) is 49.7 Å². The largest absolute Gasteiger partial charge is 0.356 e. The van der Waals surface area contributed by atoms with E-state index in [1.807, 2.05) is 18.9 Å². The van der Waals surface area contributed by atoms with E-state index in [2.05, 4.69) is 22.2 Å². The minimum absolute atomic E-state index is 0.198. The first-order chi connectivity index (χ1) is 9.63. The molecular formula is C15H25FN4. The van der Waals surface area contributed by atoms with Crippen molar-refractivity contribution in [1.82, 2.24) is 15.2 Å². The van der Waals surface area contributed by atoms with E-state index in [1.165, 1.54) is 12.8 Å². The van der Waals surface area contributed by atoms with Crippen LogP contribution in [0.4, 0.5) is 10.2 Å². The predicted octanol–water partition coefficient (Wildman–Crippen LogP) is 1.86. The van der Waals surface area contributed by atoms with Gasteiger partial charge in [0.25, 0.3) is 0 Å². The molecule has 1 fully saturated rings. The molecule has 1 unspecified atom stereocenters. The van der Waals surface area contributed by atoms with Crippen molar-refractivity contribution in [2.24, 2.45) is 0 Å². The molecule has 0 radical (unpaired) electrons. The Morgan fingerprint density at radius 3 is 3.00 bits per heavy atom. The number of rotatable bonds is 6. The van der Waals surface area contributed by atoms with E-state index in [-0.39, 0.29) is 5.82 Å². The molecule has 0 aliphatic carbocycles. The van der Waals surface area contributed by atoms with Crippen LogP contribution in [0, 0.1) is 5.82 Å². The summed E-state index contributed by atoms with van der Waals surface area (Å²) >= 11 is 0.